The fraction of sp³-hybridized carbons (Fsp3) is 0.875. The number of methoxy groups -OCH3 is 1. The van der Waals surface area contributed by atoms with Crippen molar-refractivity contribution in [2.45, 2.75) is 12.5 Å². The molecule has 72 valence electrons. The normalized spacial score (nSPS) is 14.3. The molecular weight excluding hydrogens is 158 g/mol. The Bertz CT molecular complexity index is 151. The minimum atomic E-state index is -1.06. The standard InChI is InChI=1S/C8H17NO3/c1-9(2,3)6-7(12-4)5-8(10)11/h7H,5-6H2,1-4H3. The summed E-state index contributed by atoms with van der Waals surface area (Å²) in [7, 11) is 7.48. The fourth-order valence-corrected chi connectivity index (χ4v) is 1.02. The molecule has 0 aromatic heterocycles. The summed E-state index contributed by atoms with van der Waals surface area (Å²) in [5, 5.41) is 10.3. The van der Waals surface area contributed by atoms with Gasteiger partial charge in [0.2, 0.25) is 0 Å². The monoisotopic (exact) mass is 175 g/mol. The molecule has 0 aromatic carbocycles. The number of carboxylic acids is 1. The highest BCUT2D eigenvalue weighted by atomic mass is 16.5. The Morgan fingerprint density at radius 1 is 1.50 bits per heavy atom. The molecule has 0 bridgehead atoms. The smallest absolute Gasteiger partial charge is 0.111 e. The van der Waals surface area contributed by atoms with Crippen LogP contribution in [0.5, 0.6) is 0 Å². The van der Waals surface area contributed by atoms with Crippen molar-refractivity contribution in [2.75, 3.05) is 34.8 Å². The molecule has 0 aromatic rings. The van der Waals surface area contributed by atoms with Crippen LogP contribution in [0.2, 0.25) is 0 Å². The fourth-order valence-electron chi connectivity index (χ4n) is 1.02. The van der Waals surface area contributed by atoms with Crippen LogP contribution >= 0.6 is 0 Å². The average Bonchev–Trinajstić information content (AvgIpc) is 1.82. The quantitative estimate of drug-likeness (QED) is 0.496. The summed E-state index contributed by atoms with van der Waals surface area (Å²) in [6.07, 6.45) is -0.290. The van der Waals surface area contributed by atoms with Crippen molar-refractivity contribution in [3.8, 4) is 0 Å². The van der Waals surface area contributed by atoms with Crippen LogP contribution in [0, 0.1) is 0 Å². The maximum Gasteiger partial charge on any atom is 0.111 e. The second kappa shape index (κ2) is 4.42. The van der Waals surface area contributed by atoms with Gasteiger partial charge in [-0.25, -0.2) is 0 Å². The molecule has 0 amide bonds. The Kier molecular flexibility index (Phi) is 4.20. The molecule has 4 heteroatoms. The van der Waals surface area contributed by atoms with E-state index >= 15 is 0 Å². The lowest BCUT2D eigenvalue weighted by molar-refractivity contribution is -0.873. The van der Waals surface area contributed by atoms with E-state index in [1.807, 2.05) is 21.1 Å². The maximum atomic E-state index is 10.3. The first-order valence-electron chi connectivity index (χ1n) is 3.88. The summed E-state index contributed by atoms with van der Waals surface area (Å²) >= 11 is 0. The first kappa shape index (κ1) is 11.4. The van der Waals surface area contributed by atoms with E-state index in [2.05, 4.69) is 0 Å². The van der Waals surface area contributed by atoms with Crippen LogP contribution in [0.4, 0.5) is 0 Å². The van der Waals surface area contributed by atoms with E-state index < -0.39 is 5.97 Å². The predicted molar refractivity (Wildman–Crippen MR) is 43.3 cm³/mol. The number of carboxylic acid groups (broad SMARTS) is 1. The number of quaternary nitrogens is 1. The van der Waals surface area contributed by atoms with Gasteiger partial charge in [0.25, 0.3) is 0 Å². The molecule has 1 unspecified atom stereocenters. The summed E-state index contributed by atoms with van der Waals surface area (Å²) in [4.78, 5) is 10.3. The van der Waals surface area contributed by atoms with E-state index in [4.69, 9.17) is 4.74 Å². The van der Waals surface area contributed by atoms with Gasteiger partial charge in [-0.15, -0.1) is 0 Å². The highest BCUT2D eigenvalue weighted by molar-refractivity contribution is 5.64. The number of nitrogens with zero attached hydrogens (tertiary/aromatic N) is 1. The lowest BCUT2D eigenvalue weighted by Crippen LogP contribution is -2.44. The van der Waals surface area contributed by atoms with Gasteiger partial charge in [0, 0.05) is 19.5 Å². The van der Waals surface area contributed by atoms with Gasteiger partial charge in [0.05, 0.1) is 21.1 Å². The van der Waals surface area contributed by atoms with Crippen molar-refractivity contribution in [1.82, 2.24) is 0 Å². The molecule has 0 rings (SSSR count). The van der Waals surface area contributed by atoms with Gasteiger partial charge in [-0.05, 0) is 0 Å². The summed E-state index contributed by atoms with van der Waals surface area (Å²) in [6, 6.07) is 0. The van der Waals surface area contributed by atoms with Gasteiger partial charge in [0.1, 0.15) is 12.6 Å². The summed E-state index contributed by atoms with van der Waals surface area (Å²) in [5.41, 5.74) is 0. The number of aliphatic carboxylic acids is 1. The topological polar surface area (TPSA) is 49.4 Å². The van der Waals surface area contributed by atoms with Crippen LogP contribution < -0.4 is 5.11 Å². The molecule has 4 nitrogen and oxygen atoms in total. The Morgan fingerprint density at radius 2 is 2.00 bits per heavy atom. The van der Waals surface area contributed by atoms with Gasteiger partial charge in [-0.2, -0.15) is 0 Å². The number of carbonyl (C=O) groups is 1. The van der Waals surface area contributed by atoms with Gasteiger partial charge in [-0.3, -0.25) is 0 Å². The number of likely N-dealkylation sites (N-methyl/N-ethyl adjacent to an activating group) is 1. The van der Waals surface area contributed by atoms with Crippen molar-refractivity contribution < 1.29 is 19.1 Å². The zero-order valence-corrected chi connectivity index (χ0v) is 8.16. The second-order valence-electron chi connectivity index (χ2n) is 3.91. The molecule has 0 N–H and O–H groups in total. The van der Waals surface area contributed by atoms with Gasteiger partial charge >= 0.3 is 0 Å². The number of carbonyl (C=O) groups excluding carboxylic acids is 1. The molecule has 0 radical (unpaired) electrons. The molecule has 0 aliphatic carbocycles. The number of rotatable bonds is 5. The highest BCUT2D eigenvalue weighted by Crippen LogP contribution is 2.02. The van der Waals surface area contributed by atoms with Gasteiger partial charge in [0.15, 0.2) is 0 Å². The molecule has 0 spiro atoms. The molecule has 0 aliphatic rings. The van der Waals surface area contributed by atoms with Crippen molar-refractivity contribution in [3.05, 3.63) is 0 Å². The average molecular weight is 175 g/mol. The van der Waals surface area contributed by atoms with E-state index in [-0.39, 0.29) is 12.5 Å². The first-order chi connectivity index (χ1) is 5.35. The van der Waals surface area contributed by atoms with Crippen molar-refractivity contribution in [3.63, 3.8) is 0 Å². The number of ether oxygens (including phenoxy) is 1. The van der Waals surface area contributed by atoms with E-state index in [9.17, 15) is 9.90 Å². The molecule has 1 atom stereocenters. The SMILES string of the molecule is COC(CC(=O)[O-])C[N+](C)(C)C. The summed E-state index contributed by atoms with van der Waals surface area (Å²) in [6.45, 7) is 0.671. The van der Waals surface area contributed by atoms with E-state index in [0.29, 0.717) is 11.0 Å². The number of hydrogen-bond donors (Lipinski definition) is 0. The lowest BCUT2D eigenvalue weighted by atomic mass is 10.2. The minimum Gasteiger partial charge on any atom is -0.550 e. The van der Waals surface area contributed by atoms with Gasteiger partial charge in [-0.1, -0.05) is 0 Å². The zero-order valence-electron chi connectivity index (χ0n) is 8.16. The van der Waals surface area contributed by atoms with Crippen molar-refractivity contribution in [1.29, 1.82) is 0 Å². The molecule has 0 heterocycles. The third-order valence-corrected chi connectivity index (χ3v) is 1.48. The molecular formula is C8H17NO3. The Labute approximate surface area is 73.3 Å². The van der Waals surface area contributed by atoms with E-state index in [1.54, 1.807) is 0 Å². The van der Waals surface area contributed by atoms with Crippen LogP contribution in [0.1, 0.15) is 6.42 Å². The zero-order chi connectivity index (χ0) is 9.78. The van der Waals surface area contributed by atoms with Gasteiger partial charge < -0.3 is 19.1 Å². The minimum absolute atomic E-state index is 0.0357. The summed E-state index contributed by atoms with van der Waals surface area (Å²) < 4.78 is 5.69. The largest absolute Gasteiger partial charge is 0.550 e. The van der Waals surface area contributed by atoms with Crippen molar-refractivity contribution >= 4 is 5.97 Å². The van der Waals surface area contributed by atoms with Crippen LogP contribution in [0.25, 0.3) is 0 Å². The Balaban J connectivity index is 3.92. The molecule has 0 aliphatic heterocycles. The lowest BCUT2D eigenvalue weighted by Gasteiger charge is -2.28. The predicted octanol–water partition coefficient (Wildman–Crippen LogP) is -1.15. The second-order valence-corrected chi connectivity index (χ2v) is 3.91. The Morgan fingerprint density at radius 3 is 2.25 bits per heavy atom. The Hall–Kier alpha value is -0.610. The molecule has 0 fully saturated rings. The van der Waals surface area contributed by atoms with Crippen LogP contribution in [-0.2, 0) is 9.53 Å². The van der Waals surface area contributed by atoms with Crippen molar-refractivity contribution in [2.24, 2.45) is 0 Å². The van der Waals surface area contributed by atoms with E-state index in [0.717, 1.165) is 0 Å². The molecule has 0 saturated heterocycles. The molecule has 12 heavy (non-hydrogen) atoms. The third kappa shape index (κ3) is 6.12. The third-order valence-electron chi connectivity index (χ3n) is 1.48. The highest BCUT2D eigenvalue weighted by Gasteiger charge is 2.17. The first-order valence-corrected chi connectivity index (χ1v) is 3.88. The number of hydrogen-bond acceptors (Lipinski definition) is 3. The van der Waals surface area contributed by atoms with Crippen LogP contribution in [-0.4, -0.2) is 51.4 Å². The maximum absolute atomic E-state index is 10.3. The molecule has 0 saturated carbocycles. The summed E-state index contributed by atoms with van der Waals surface area (Å²) in [5.74, 6) is -1.06. The van der Waals surface area contributed by atoms with Crippen LogP contribution in [0.15, 0.2) is 0 Å². The van der Waals surface area contributed by atoms with Crippen LogP contribution in [0.3, 0.4) is 0 Å². The van der Waals surface area contributed by atoms with E-state index in [1.165, 1.54) is 7.11 Å².